The van der Waals surface area contributed by atoms with Crippen LogP contribution in [0.1, 0.15) is 22.8 Å². The quantitative estimate of drug-likeness (QED) is 0.606. The lowest BCUT2D eigenvalue weighted by molar-refractivity contribution is -0.0328. The van der Waals surface area contributed by atoms with Gasteiger partial charge in [0, 0.05) is 9.37 Å². The third kappa shape index (κ3) is 4.44. The molecule has 19 heavy (non-hydrogen) atoms. The standard InChI is InChI=1S/C11H7BrF3NO2S/c1-2-18-10(17)9-6(5-16)3-7(4-8(9)12)19-11(13,14)15/h3-4H,2H2,1H3. The molecule has 0 aliphatic heterocycles. The maximum atomic E-state index is 12.3. The first-order valence-corrected chi connectivity index (χ1v) is 6.56. The molecule has 1 rings (SSSR count). The fourth-order valence-corrected chi connectivity index (χ4v) is 2.67. The van der Waals surface area contributed by atoms with Crippen LogP contribution in [-0.2, 0) is 4.74 Å². The first-order chi connectivity index (χ1) is 8.78. The van der Waals surface area contributed by atoms with E-state index in [1.807, 2.05) is 0 Å². The number of thioether (sulfide) groups is 1. The summed E-state index contributed by atoms with van der Waals surface area (Å²) in [4.78, 5) is 11.4. The summed E-state index contributed by atoms with van der Waals surface area (Å²) in [7, 11) is 0. The first-order valence-electron chi connectivity index (χ1n) is 4.95. The molecule has 0 heterocycles. The second kappa shape index (κ2) is 6.30. The van der Waals surface area contributed by atoms with Gasteiger partial charge >= 0.3 is 11.5 Å². The predicted octanol–water partition coefficient (Wildman–Crippen LogP) is 4.11. The molecule has 0 saturated heterocycles. The Labute approximate surface area is 119 Å². The van der Waals surface area contributed by atoms with Gasteiger partial charge in [-0.1, -0.05) is 0 Å². The van der Waals surface area contributed by atoms with Gasteiger partial charge < -0.3 is 4.74 Å². The lowest BCUT2D eigenvalue weighted by Crippen LogP contribution is -2.09. The van der Waals surface area contributed by atoms with Crippen molar-refractivity contribution in [1.82, 2.24) is 0 Å². The van der Waals surface area contributed by atoms with Crippen molar-refractivity contribution in [3.63, 3.8) is 0 Å². The topological polar surface area (TPSA) is 50.1 Å². The molecule has 0 aliphatic carbocycles. The highest BCUT2D eigenvalue weighted by atomic mass is 79.9. The average Bonchev–Trinajstić information content (AvgIpc) is 2.25. The number of halogens is 4. The highest BCUT2D eigenvalue weighted by Crippen LogP contribution is 2.39. The van der Waals surface area contributed by atoms with Crippen molar-refractivity contribution in [2.24, 2.45) is 0 Å². The van der Waals surface area contributed by atoms with Gasteiger partial charge in [-0.2, -0.15) is 18.4 Å². The second-order valence-electron chi connectivity index (χ2n) is 3.21. The van der Waals surface area contributed by atoms with Gasteiger partial charge in [0.1, 0.15) is 6.07 Å². The molecule has 0 amide bonds. The van der Waals surface area contributed by atoms with Gasteiger partial charge in [-0.3, -0.25) is 0 Å². The predicted molar refractivity (Wildman–Crippen MR) is 66.7 cm³/mol. The average molecular weight is 354 g/mol. The van der Waals surface area contributed by atoms with Crippen LogP contribution in [0, 0.1) is 11.3 Å². The molecule has 8 heteroatoms. The number of hydrogen-bond acceptors (Lipinski definition) is 4. The van der Waals surface area contributed by atoms with Gasteiger partial charge in [-0.25, -0.2) is 4.79 Å². The van der Waals surface area contributed by atoms with Crippen molar-refractivity contribution in [3.05, 3.63) is 27.7 Å². The first kappa shape index (κ1) is 15.9. The van der Waals surface area contributed by atoms with Crippen molar-refractivity contribution in [3.8, 4) is 6.07 Å². The number of hydrogen-bond donors (Lipinski definition) is 0. The van der Waals surface area contributed by atoms with E-state index in [0.717, 1.165) is 12.1 Å². The number of ether oxygens (including phenoxy) is 1. The number of carbonyl (C=O) groups excluding carboxylic acids is 1. The minimum atomic E-state index is -4.46. The SMILES string of the molecule is CCOC(=O)c1c(Br)cc(SC(F)(F)F)cc1C#N. The van der Waals surface area contributed by atoms with Gasteiger partial charge in [-0.05, 0) is 46.7 Å². The van der Waals surface area contributed by atoms with Crippen molar-refractivity contribution >= 4 is 33.7 Å². The normalized spacial score (nSPS) is 10.9. The summed E-state index contributed by atoms with van der Waals surface area (Å²) in [5.74, 6) is -0.755. The van der Waals surface area contributed by atoms with E-state index < -0.39 is 11.5 Å². The third-order valence-electron chi connectivity index (χ3n) is 1.90. The molecule has 0 atom stereocenters. The Kier molecular flexibility index (Phi) is 5.26. The lowest BCUT2D eigenvalue weighted by Gasteiger charge is -2.10. The minimum Gasteiger partial charge on any atom is -0.462 e. The summed E-state index contributed by atoms with van der Waals surface area (Å²) in [6.45, 7) is 1.70. The summed E-state index contributed by atoms with van der Waals surface area (Å²) < 4.78 is 41.6. The van der Waals surface area contributed by atoms with Crippen LogP contribution in [0.2, 0.25) is 0 Å². The van der Waals surface area contributed by atoms with Crippen LogP contribution in [0.3, 0.4) is 0 Å². The van der Waals surface area contributed by atoms with E-state index in [1.54, 1.807) is 13.0 Å². The van der Waals surface area contributed by atoms with E-state index in [0.29, 0.717) is 0 Å². The molecule has 0 bridgehead atoms. The molecule has 0 radical (unpaired) electrons. The maximum absolute atomic E-state index is 12.3. The molecule has 1 aromatic carbocycles. The number of esters is 1. The van der Waals surface area contributed by atoms with Crippen LogP contribution in [-0.4, -0.2) is 18.1 Å². The molecule has 0 saturated carbocycles. The number of alkyl halides is 3. The molecule has 0 aromatic heterocycles. The zero-order valence-corrected chi connectivity index (χ0v) is 11.9. The van der Waals surface area contributed by atoms with Crippen LogP contribution in [0.5, 0.6) is 0 Å². The second-order valence-corrected chi connectivity index (χ2v) is 5.20. The molecular formula is C11H7BrF3NO2S. The summed E-state index contributed by atoms with van der Waals surface area (Å²) >= 11 is 2.63. The largest absolute Gasteiger partial charge is 0.462 e. The zero-order valence-electron chi connectivity index (χ0n) is 9.55. The molecule has 0 unspecified atom stereocenters. The van der Waals surface area contributed by atoms with Gasteiger partial charge in [-0.15, -0.1) is 0 Å². The fourth-order valence-electron chi connectivity index (χ4n) is 1.27. The number of benzene rings is 1. The van der Waals surface area contributed by atoms with Crippen molar-refractivity contribution in [2.45, 2.75) is 17.3 Å². The summed E-state index contributed by atoms with van der Waals surface area (Å²) in [5, 5.41) is 8.91. The highest BCUT2D eigenvalue weighted by molar-refractivity contribution is 9.10. The van der Waals surface area contributed by atoms with Gasteiger partial charge in [0.15, 0.2) is 0 Å². The Morgan fingerprint density at radius 3 is 2.63 bits per heavy atom. The van der Waals surface area contributed by atoms with E-state index in [2.05, 4.69) is 15.9 Å². The Morgan fingerprint density at radius 2 is 2.16 bits per heavy atom. The van der Waals surface area contributed by atoms with Crippen LogP contribution in [0.4, 0.5) is 13.2 Å². The van der Waals surface area contributed by atoms with Crippen LogP contribution in [0.25, 0.3) is 0 Å². The van der Waals surface area contributed by atoms with Crippen LogP contribution < -0.4 is 0 Å². The number of nitrogens with zero attached hydrogens (tertiary/aromatic N) is 1. The van der Waals surface area contributed by atoms with Crippen molar-refractivity contribution in [1.29, 1.82) is 5.26 Å². The number of nitriles is 1. The molecule has 102 valence electrons. The molecule has 0 aliphatic rings. The Hall–Kier alpha value is -1.20. The fraction of sp³-hybridized carbons (Fsp3) is 0.273. The Morgan fingerprint density at radius 1 is 1.53 bits per heavy atom. The summed E-state index contributed by atoms with van der Waals surface area (Å²) in [6.07, 6.45) is 0. The van der Waals surface area contributed by atoms with Gasteiger partial charge in [0.2, 0.25) is 0 Å². The molecule has 0 fully saturated rings. The van der Waals surface area contributed by atoms with E-state index in [-0.39, 0.29) is 38.9 Å². The Bertz CT molecular complexity index is 540. The summed E-state index contributed by atoms with van der Waals surface area (Å²) in [6, 6.07) is 3.83. The molecule has 0 N–H and O–H groups in total. The monoisotopic (exact) mass is 353 g/mol. The molecule has 0 spiro atoms. The minimum absolute atomic E-state index is 0.0733. The maximum Gasteiger partial charge on any atom is 0.446 e. The Balaban J connectivity index is 3.23. The third-order valence-corrected chi connectivity index (χ3v) is 3.23. The molecular weight excluding hydrogens is 347 g/mol. The molecule has 1 aromatic rings. The number of carbonyl (C=O) groups is 1. The van der Waals surface area contributed by atoms with E-state index >= 15 is 0 Å². The van der Waals surface area contributed by atoms with Crippen LogP contribution >= 0.6 is 27.7 Å². The summed E-state index contributed by atoms with van der Waals surface area (Å²) in [5.41, 5.74) is -4.70. The van der Waals surface area contributed by atoms with E-state index in [4.69, 9.17) is 10.00 Å². The van der Waals surface area contributed by atoms with Crippen LogP contribution in [0.15, 0.2) is 21.5 Å². The number of rotatable bonds is 3. The highest BCUT2D eigenvalue weighted by Gasteiger charge is 2.30. The lowest BCUT2D eigenvalue weighted by atomic mass is 10.1. The van der Waals surface area contributed by atoms with Crippen molar-refractivity contribution < 1.29 is 22.7 Å². The van der Waals surface area contributed by atoms with Gasteiger partial charge in [0.25, 0.3) is 0 Å². The van der Waals surface area contributed by atoms with E-state index in [1.165, 1.54) is 0 Å². The molecule has 3 nitrogen and oxygen atoms in total. The zero-order chi connectivity index (χ0) is 14.6. The van der Waals surface area contributed by atoms with E-state index in [9.17, 15) is 18.0 Å². The van der Waals surface area contributed by atoms with Gasteiger partial charge in [0.05, 0.1) is 17.7 Å². The van der Waals surface area contributed by atoms with Crippen molar-refractivity contribution in [2.75, 3.05) is 6.61 Å². The smallest absolute Gasteiger partial charge is 0.446 e.